The number of aryl methyl sites for hydroxylation is 1. The Balaban J connectivity index is 1.38. The van der Waals surface area contributed by atoms with E-state index in [1.807, 2.05) is 42.5 Å². The van der Waals surface area contributed by atoms with Gasteiger partial charge in [0.25, 0.3) is 5.91 Å². The second-order valence-corrected chi connectivity index (χ2v) is 7.32. The molecular weight excluding hydrogens is 424 g/mol. The summed E-state index contributed by atoms with van der Waals surface area (Å²) in [6, 6.07) is 20.2. The Morgan fingerprint density at radius 3 is 2.55 bits per heavy atom. The highest BCUT2D eigenvalue weighted by atomic mass is 16.5. The number of nitrogens with zero attached hydrogens (tertiary/aromatic N) is 1. The summed E-state index contributed by atoms with van der Waals surface area (Å²) in [5.74, 6) is 0.614. The van der Waals surface area contributed by atoms with Crippen molar-refractivity contribution in [3.63, 3.8) is 0 Å². The van der Waals surface area contributed by atoms with Gasteiger partial charge < -0.3 is 24.1 Å². The first kappa shape index (κ1) is 23.6. The molecule has 0 spiro atoms. The zero-order valence-corrected chi connectivity index (χ0v) is 18.6. The van der Waals surface area contributed by atoms with Crippen LogP contribution in [-0.4, -0.2) is 50.0 Å². The molecule has 33 heavy (non-hydrogen) atoms. The number of likely N-dealkylation sites (N-methyl/N-ethyl adjacent to an activating group) is 1. The third-order valence-corrected chi connectivity index (χ3v) is 4.81. The number of benzene rings is 2. The normalized spacial score (nSPS) is 10.4. The number of anilines is 1. The van der Waals surface area contributed by atoms with Gasteiger partial charge in [-0.15, -0.1) is 0 Å². The van der Waals surface area contributed by atoms with Gasteiger partial charge in [-0.25, -0.2) is 0 Å². The SMILES string of the molecule is COc1cccc(NC(=O)CN(C)C(=O)COC(=O)CCc2ccc(-c3ccccc3)o2)c1. The second-order valence-electron chi connectivity index (χ2n) is 7.32. The molecule has 1 heterocycles. The van der Waals surface area contributed by atoms with Crippen molar-refractivity contribution in [3.05, 3.63) is 72.5 Å². The van der Waals surface area contributed by atoms with E-state index in [1.165, 1.54) is 19.1 Å². The molecule has 1 N–H and O–H groups in total. The molecule has 0 saturated heterocycles. The molecule has 0 atom stereocenters. The molecule has 0 unspecified atom stereocenters. The molecule has 1 aromatic heterocycles. The van der Waals surface area contributed by atoms with Gasteiger partial charge in [0.1, 0.15) is 17.3 Å². The molecule has 0 radical (unpaired) electrons. The zero-order chi connectivity index (χ0) is 23.6. The summed E-state index contributed by atoms with van der Waals surface area (Å²) in [5, 5.41) is 2.69. The van der Waals surface area contributed by atoms with Crippen molar-refractivity contribution < 1.29 is 28.3 Å². The highest BCUT2D eigenvalue weighted by molar-refractivity contribution is 5.94. The molecule has 2 aromatic carbocycles. The number of methoxy groups -OCH3 is 1. The summed E-state index contributed by atoms with van der Waals surface area (Å²) in [4.78, 5) is 37.6. The van der Waals surface area contributed by atoms with Crippen molar-refractivity contribution in [2.75, 3.05) is 32.6 Å². The summed E-state index contributed by atoms with van der Waals surface area (Å²) < 4.78 is 15.9. The van der Waals surface area contributed by atoms with E-state index in [4.69, 9.17) is 13.9 Å². The van der Waals surface area contributed by atoms with Crippen molar-refractivity contribution in [2.24, 2.45) is 0 Å². The third-order valence-electron chi connectivity index (χ3n) is 4.81. The van der Waals surface area contributed by atoms with Crippen LogP contribution in [0.1, 0.15) is 12.2 Å². The minimum Gasteiger partial charge on any atom is -0.497 e. The van der Waals surface area contributed by atoms with Crippen LogP contribution >= 0.6 is 0 Å². The molecule has 2 amide bonds. The van der Waals surface area contributed by atoms with Gasteiger partial charge in [0.15, 0.2) is 6.61 Å². The second kappa shape index (κ2) is 11.5. The van der Waals surface area contributed by atoms with Crippen LogP contribution in [0.4, 0.5) is 5.69 Å². The van der Waals surface area contributed by atoms with Crippen molar-refractivity contribution in [2.45, 2.75) is 12.8 Å². The highest BCUT2D eigenvalue weighted by Gasteiger charge is 2.16. The van der Waals surface area contributed by atoms with E-state index in [0.29, 0.717) is 23.6 Å². The quantitative estimate of drug-likeness (QED) is 0.475. The van der Waals surface area contributed by atoms with Crippen LogP contribution in [0.15, 0.2) is 71.1 Å². The van der Waals surface area contributed by atoms with Gasteiger partial charge >= 0.3 is 5.97 Å². The average molecular weight is 450 g/mol. The summed E-state index contributed by atoms with van der Waals surface area (Å²) in [7, 11) is 3.00. The highest BCUT2D eigenvalue weighted by Crippen LogP contribution is 2.22. The van der Waals surface area contributed by atoms with E-state index in [1.54, 1.807) is 24.3 Å². The first-order chi connectivity index (χ1) is 15.9. The average Bonchev–Trinajstić information content (AvgIpc) is 3.31. The largest absolute Gasteiger partial charge is 0.497 e. The Morgan fingerprint density at radius 2 is 1.79 bits per heavy atom. The lowest BCUT2D eigenvalue weighted by Gasteiger charge is -2.17. The molecule has 0 aliphatic heterocycles. The van der Waals surface area contributed by atoms with E-state index in [2.05, 4.69) is 5.32 Å². The molecule has 0 aliphatic carbocycles. The van der Waals surface area contributed by atoms with Gasteiger partial charge in [0, 0.05) is 30.8 Å². The van der Waals surface area contributed by atoms with Crippen molar-refractivity contribution >= 4 is 23.5 Å². The predicted octanol–water partition coefficient (Wildman–Crippen LogP) is 3.53. The number of ether oxygens (including phenoxy) is 2. The Kier molecular flexibility index (Phi) is 8.24. The lowest BCUT2D eigenvalue weighted by Crippen LogP contribution is -2.37. The van der Waals surface area contributed by atoms with Crippen LogP contribution in [0.2, 0.25) is 0 Å². The number of carbonyl (C=O) groups excluding carboxylic acids is 3. The smallest absolute Gasteiger partial charge is 0.306 e. The maximum Gasteiger partial charge on any atom is 0.306 e. The van der Waals surface area contributed by atoms with Gasteiger partial charge in [0.2, 0.25) is 5.91 Å². The first-order valence-corrected chi connectivity index (χ1v) is 10.4. The lowest BCUT2D eigenvalue weighted by atomic mass is 10.2. The van der Waals surface area contributed by atoms with E-state index < -0.39 is 18.5 Å². The fourth-order valence-electron chi connectivity index (χ4n) is 3.02. The van der Waals surface area contributed by atoms with E-state index >= 15 is 0 Å². The van der Waals surface area contributed by atoms with Crippen LogP contribution in [0.3, 0.4) is 0 Å². The molecule has 8 heteroatoms. The standard InChI is InChI=1S/C25H26N2O6/c1-27(16-23(28)26-19-9-6-10-21(15-19)31-2)24(29)17-32-25(30)14-12-20-11-13-22(33-20)18-7-4-3-5-8-18/h3-11,13,15H,12,14,16-17H2,1-2H3,(H,26,28). The summed E-state index contributed by atoms with van der Waals surface area (Å²) in [6.45, 7) is -0.614. The number of esters is 1. The molecule has 0 aliphatic rings. The molecule has 172 valence electrons. The Hall–Kier alpha value is -4.07. The molecule has 0 saturated carbocycles. The zero-order valence-electron chi connectivity index (χ0n) is 18.6. The monoisotopic (exact) mass is 450 g/mol. The molecule has 3 rings (SSSR count). The topological polar surface area (TPSA) is 98.1 Å². The van der Waals surface area contributed by atoms with Gasteiger partial charge in [-0.05, 0) is 24.3 Å². The summed E-state index contributed by atoms with van der Waals surface area (Å²) in [5.41, 5.74) is 1.51. The van der Waals surface area contributed by atoms with Crippen LogP contribution in [-0.2, 0) is 25.5 Å². The van der Waals surface area contributed by atoms with Crippen molar-refractivity contribution in [3.8, 4) is 17.1 Å². The number of hydrogen-bond acceptors (Lipinski definition) is 6. The maximum atomic E-state index is 12.2. The van der Waals surface area contributed by atoms with Gasteiger partial charge in [-0.3, -0.25) is 14.4 Å². The number of furan rings is 1. The van der Waals surface area contributed by atoms with Crippen LogP contribution in [0.5, 0.6) is 5.75 Å². The number of hydrogen-bond donors (Lipinski definition) is 1. The summed E-state index contributed by atoms with van der Waals surface area (Å²) >= 11 is 0. The van der Waals surface area contributed by atoms with E-state index in [9.17, 15) is 14.4 Å². The molecule has 0 fully saturated rings. The number of carbonyl (C=O) groups is 3. The van der Waals surface area contributed by atoms with Crippen LogP contribution in [0, 0.1) is 0 Å². The van der Waals surface area contributed by atoms with Gasteiger partial charge in [0.05, 0.1) is 20.1 Å². The van der Waals surface area contributed by atoms with Crippen molar-refractivity contribution in [1.29, 1.82) is 0 Å². The molecule has 3 aromatic rings. The van der Waals surface area contributed by atoms with Crippen molar-refractivity contribution in [1.82, 2.24) is 4.90 Å². The molecule has 8 nitrogen and oxygen atoms in total. The lowest BCUT2D eigenvalue weighted by molar-refractivity contribution is -0.151. The minimum absolute atomic E-state index is 0.0784. The Labute approximate surface area is 192 Å². The minimum atomic E-state index is -0.518. The van der Waals surface area contributed by atoms with Crippen LogP contribution < -0.4 is 10.1 Å². The fraction of sp³-hybridized carbons (Fsp3) is 0.240. The Morgan fingerprint density at radius 1 is 1.00 bits per heavy atom. The number of rotatable bonds is 10. The summed E-state index contributed by atoms with van der Waals surface area (Å²) in [6.07, 6.45) is 0.438. The number of amides is 2. The maximum absolute atomic E-state index is 12.2. The Bertz CT molecular complexity index is 1090. The van der Waals surface area contributed by atoms with E-state index in [-0.39, 0.29) is 18.9 Å². The predicted molar refractivity (Wildman–Crippen MR) is 123 cm³/mol. The van der Waals surface area contributed by atoms with E-state index in [0.717, 1.165) is 11.3 Å². The van der Waals surface area contributed by atoms with Gasteiger partial charge in [-0.1, -0.05) is 36.4 Å². The molecular formula is C25H26N2O6. The fourth-order valence-corrected chi connectivity index (χ4v) is 3.02. The first-order valence-electron chi connectivity index (χ1n) is 10.4. The molecule has 0 bridgehead atoms. The number of nitrogens with one attached hydrogen (secondary N) is 1. The third kappa shape index (κ3) is 7.24. The van der Waals surface area contributed by atoms with Gasteiger partial charge in [-0.2, -0.15) is 0 Å². The van der Waals surface area contributed by atoms with Crippen LogP contribution in [0.25, 0.3) is 11.3 Å².